The van der Waals surface area contributed by atoms with Crippen LogP contribution in [0, 0.1) is 0 Å². The van der Waals surface area contributed by atoms with E-state index in [-0.39, 0.29) is 6.23 Å². The summed E-state index contributed by atoms with van der Waals surface area (Å²) < 4.78 is 5.61. The molecule has 3 nitrogen and oxygen atoms in total. The van der Waals surface area contributed by atoms with Crippen LogP contribution in [0.25, 0.3) is 0 Å². The van der Waals surface area contributed by atoms with Gasteiger partial charge < -0.3 is 10.1 Å². The van der Waals surface area contributed by atoms with Crippen molar-refractivity contribution >= 4 is 0 Å². The van der Waals surface area contributed by atoms with Gasteiger partial charge in [-0.2, -0.15) is 0 Å². The van der Waals surface area contributed by atoms with Gasteiger partial charge in [-0.25, -0.2) is 0 Å². The second-order valence-electron chi connectivity index (χ2n) is 3.06. The molecule has 0 aromatic heterocycles. The molecule has 0 aromatic carbocycles. The van der Waals surface area contributed by atoms with E-state index < -0.39 is 0 Å². The second kappa shape index (κ2) is 5.91. The normalized spacial score (nSPS) is 23.0. The molecule has 1 N–H and O–H groups in total. The fourth-order valence-corrected chi connectivity index (χ4v) is 1.43. The van der Waals surface area contributed by atoms with Gasteiger partial charge in [0.15, 0.2) is 0 Å². The van der Waals surface area contributed by atoms with Crippen LogP contribution in [0.1, 0.15) is 0 Å². The maximum Gasteiger partial charge on any atom is 0.123 e. The van der Waals surface area contributed by atoms with Gasteiger partial charge in [-0.3, -0.25) is 4.90 Å². The van der Waals surface area contributed by atoms with Crippen LogP contribution in [0.4, 0.5) is 0 Å². The molecule has 1 unspecified atom stereocenters. The largest absolute Gasteiger partial charge is 0.360 e. The number of rotatable bonds is 5. The van der Waals surface area contributed by atoms with Crippen molar-refractivity contribution in [2.45, 2.75) is 6.23 Å². The molecule has 0 saturated carbocycles. The van der Waals surface area contributed by atoms with E-state index in [1.807, 2.05) is 12.2 Å². The predicted molar refractivity (Wildman–Crippen MR) is 54.6 cm³/mol. The molecule has 1 fully saturated rings. The number of ether oxygens (including phenoxy) is 1. The molecule has 1 saturated heterocycles. The quantitative estimate of drug-likeness (QED) is 0.630. The first-order chi connectivity index (χ1) is 6.38. The lowest BCUT2D eigenvalue weighted by atomic mass is 10.3. The van der Waals surface area contributed by atoms with E-state index in [2.05, 4.69) is 23.4 Å². The Morgan fingerprint density at radius 3 is 2.54 bits per heavy atom. The highest BCUT2D eigenvalue weighted by atomic mass is 16.5. The first-order valence-corrected chi connectivity index (χ1v) is 4.66. The highest BCUT2D eigenvalue weighted by molar-refractivity contribution is 4.83. The van der Waals surface area contributed by atoms with Crippen molar-refractivity contribution in [2.75, 3.05) is 32.8 Å². The highest BCUT2D eigenvalue weighted by Gasteiger charge is 2.18. The minimum atomic E-state index is 0.171. The Morgan fingerprint density at radius 2 is 2.08 bits per heavy atom. The van der Waals surface area contributed by atoms with E-state index in [9.17, 15) is 0 Å². The summed E-state index contributed by atoms with van der Waals surface area (Å²) in [4.78, 5) is 2.20. The Labute approximate surface area is 80.1 Å². The number of hydrogen-bond donors (Lipinski definition) is 1. The first kappa shape index (κ1) is 10.4. The zero-order chi connectivity index (χ0) is 9.52. The van der Waals surface area contributed by atoms with Crippen molar-refractivity contribution in [1.82, 2.24) is 10.2 Å². The summed E-state index contributed by atoms with van der Waals surface area (Å²) in [5.74, 6) is 0. The molecule has 0 aliphatic carbocycles. The third-order valence-corrected chi connectivity index (χ3v) is 2.04. The molecule has 0 radical (unpaired) electrons. The van der Waals surface area contributed by atoms with E-state index in [1.165, 1.54) is 0 Å². The third kappa shape index (κ3) is 3.30. The van der Waals surface area contributed by atoms with Gasteiger partial charge in [-0.1, -0.05) is 12.2 Å². The van der Waals surface area contributed by atoms with E-state index in [0.717, 1.165) is 32.8 Å². The van der Waals surface area contributed by atoms with Crippen LogP contribution in [0.5, 0.6) is 0 Å². The van der Waals surface area contributed by atoms with Crippen LogP contribution in [-0.2, 0) is 4.74 Å². The first-order valence-electron chi connectivity index (χ1n) is 4.66. The van der Waals surface area contributed by atoms with Crippen molar-refractivity contribution in [2.24, 2.45) is 0 Å². The molecule has 1 heterocycles. The fourth-order valence-electron chi connectivity index (χ4n) is 1.43. The summed E-state index contributed by atoms with van der Waals surface area (Å²) in [6, 6.07) is 0. The van der Waals surface area contributed by atoms with E-state index in [4.69, 9.17) is 4.74 Å². The van der Waals surface area contributed by atoms with Crippen molar-refractivity contribution in [3.63, 3.8) is 0 Å². The molecule has 0 bridgehead atoms. The monoisotopic (exact) mass is 182 g/mol. The standard InChI is InChI=1S/C10H18N2O/c1-3-6-12(7-4-2)10-9-11-5-8-13-10/h3-4,10-11H,1-2,5-9H2. The summed E-state index contributed by atoms with van der Waals surface area (Å²) in [6.45, 7) is 11.8. The summed E-state index contributed by atoms with van der Waals surface area (Å²) in [7, 11) is 0. The molecule has 1 rings (SSSR count). The molecule has 74 valence electrons. The van der Waals surface area contributed by atoms with Gasteiger partial charge in [0.1, 0.15) is 6.23 Å². The SMILES string of the molecule is C=CCN(CC=C)C1CNCCO1. The summed E-state index contributed by atoms with van der Waals surface area (Å²) in [5.41, 5.74) is 0. The van der Waals surface area contributed by atoms with E-state index in [0.29, 0.717) is 0 Å². The summed E-state index contributed by atoms with van der Waals surface area (Å²) in [6.07, 6.45) is 3.95. The minimum absolute atomic E-state index is 0.171. The van der Waals surface area contributed by atoms with Crippen LogP contribution in [-0.4, -0.2) is 43.9 Å². The third-order valence-electron chi connectivity index (χ3n) is 2.04. The van der Waals surface area contributed by atoms with Crippen molar-refractivity contribution in [3.8, 4) is 0 Å². The fraction of sp³-hybridized carbons (Fsp3) is 0.600. The summed E-state index contributed by atoms with van der Waals surface area (Å²) in [5, 5.41) is 3.30. The Kier molecular flexibility index (Phi) is 4.75. The molecule has 0 spiro atoms. The molecule has 0 aromatic rings. The lowest BCUT2D eigenvalue weighted by Crippen LogP contribution is -2.49. The van der Waals surface area contributed by atoms with Gasteiger partial charge in [0.05, 0.1) is 6.61 Å². The van der Waals surface area contributed by atoms with Crippen molar-refractivity contribution < 1.29 is 4.74 Å². The smallest absolute Gasteiger partial charge is 0.123 e. The number of morpholine rings is 1. The Balaban J connectivity index is 2.40. The molecule has 13 heavy (non-hydrogen) atoms. The number of hydrogen-bond acceptors (Lipinski definition) is 3. The zero-order valence-electron chi connectivity index (χ0n) is 8.04. The Hall–Kier alpha value is -0.640. The zero-order valence-corrected chi connectivity index (χ0v) is 8.04. The van der Waals surface area contributed by atoms with E-state index >= 15 is 0 Å². The average molecular weight is 182 g/mol. The lowest BCUT2D eigenvalue weighted by Gasteiger charge is -2.33. The predicted octanol–water partition coefficient (Wildman–Crippen LogP) is 0.606. The van der Waals surface area contributed by atoms with Crippen molar-refractivity contribution in [3.05, 3.63) is 25.3 Å². The molecular weight excluding hydrogens is 164 g/mol. The van der Waals surface area contributed by atoms with Crippen LogP contribution >= 0.6 is 0 Å². The second-order valence-corrected chi connectivity index (χ2v) is 3.06. The molecule has 1 atom stereocenters. The van der Waals surface area contributed by atoms with Gasteiger partial charge >= 0.3 is 0 Å². The van der Waals surface area contributed by atoms with Gasteiger partial charge in [0.2, 0.25) is 0 Å². The van der Waals surface area contributed by atoms with Crippen LogP contribution in [0.3, 0.4) is 0 Å². The number of nitrogens with one attached hydrogen (secondary N) is 1. The average Bonchev–Trinajstić information content (AvgIpc) is 2.19. The molecule has 0 amide bonds. The molecule has 1 aliphatic rings. The highest BCUT2D eigenvalue weighted by Crippen LogP contribution is 2.03. The van der Waals surface area contributed by atoms with Crippen LogP contribution < -0.4 is 5.32 Å². The Bertz CT molecular complexity index is 154. The van der Waals surface area contributed by atoms with E-state index in [1.54, 1.807) is 0 Å². The van der Waals surface area contributed by atoms with Crippen LogP contribution in [0.2, 0.25) is 0 Å². The van der Waals surface area contributed by atoms with Crippen molar-refractivity contribution in [1.29, 1.82) is 0 Å². The minimum Gasteiger partial charge on any atom is -0.360 e. The molecular formula is C10H18N2O. The number of nitrogens with zero attached hydrogens (tertiary/aromatic N) is 1. The van der Waals surface area contributed by atoms with Gasteiger partial charge in [0.25, 0.3) is 0 Å². The summed E-state index contributed by atoms with van der Waals surface area (Å²) >= 11 is 0. The van der Waals surface area contributed by atoms with Gasteiger partial charge in [-0.15, -0.1) is 13.2 Å². The van der Waals surface area contributed by atoms with Gasteiger partial charge in [-0.05, 0) is 0 Å². The lowest BCUT2D eigenvalue weighted by molar-refractivity contribution is -0.0658. The Morgan fingerprint density at radius 1 is 1.38 bits per heavy atom. The molecule has 1 aliphatic heterocycles. The van der Waals surface area contributed by atoms with Crippen LogP contribution in [0.15, 0.2) is 25.3 Å². The molecule has 3 heteroatoms. The van der Waals surface area contributed by atoms with Gasteiger partial charge in [0, 0.05) is 26.2 Å². The maximum absolute atomic E-state index is 5.61. The maximum atomic E-state index is 5.61. The topological polar surface area (TPSA) is 24.5 Å².